The summed E-state index contributed by atoms with van der Waals surface area (Å²) in [6.07, 6.45) is 3.42. The SMILES string of the molecule is CCNC(=NCCN1CCN(C(=O)C2CCC2)CC1)N1CCN(c2cccc(C)c2)CC1. The number of carbonyl (C=O) groups is 1. The molecular weight excluding hydrogens is 400 g/mol. The molecule has 0 bridgehead atoms. The number of nitrogens with zero attached hydrogens (tertiary/aromatic N) is 5. The zero-order valence-corrected chi connectivity index (χ0v) is 19.9. The van der Waals surface area contributed by atoms with Crippen LogP contribution in [0.1, 0.15) is 31.7 Å². The molecule has 2 saturated heterocycles. The number of benzene rings is 1. The average Bonchev–Trinajstić information content (AvgIpc) is 2.78. The zero-order chi connectivity index (χ0) is 22.3. The number of aliphatic imine (C=N–C) groups is 1. The quantitative estimate of drug-likeness (QED) is 0.542. The van der Waals surface area contributed by atoms with E-state index >= 15 is 0 Å². The van der Waals surface area contributed by atoms with Crippen molar-refractivity contribution in [3.05, 3.63) is 29.8 Å². The molecule has 1 aromatic carbocycles. The fraction of sp³-hybridized carbons (Fsp3) is 0.680. The molecule has 0 atom stereocenters. The molecule has 0 radical (unpaired) electrons. The summed E-state index contributed by atoms with van der Waals surface area (Å²) in [4.78, 5) is 26.8. The molecule has 0 aromatic heterocycles. The van der Waals surface area contributed by atoms with Crippen LogP contribution in [0.5, 0.6) is 0 Å². The zero-order valence-electron chi connectivity index (χ0n) is 19.9. The Morgan fingerprint density at radius 1 is 1.03 bits per heavy atom. The standard InChI is InChI=1S/C25H40N6O/c1-3-26-25(31-18-16-29(17-19-31)23-9-4-6-21(2)20-23)27-10-11-28-12-14-30(15-13-28)24(32)22-7-5-8-22/h4,6,9,20,22H,3,5,7-8,10-19H2,1-2H3,(H,26,27). The second-order valence-corrected chi connectivity index (χ2v) is 9.34. The highest BCUT2D eigenvalue weighted by Crippen LogP contribution is 2.28. The molecule has 1 aromatic rings. The molecule has 32 heavy (non-hydrogen) atoms. The van der Waals surface area contributed by atoms with Crippen LogP contribution in [0.3, 0.4) is 0 Å². The summed E-state index contributed by atoms with van der Waals surface area (Å²) in [6, 6.07) is 8.78. The van der Waals surface area contributed by atoms with E-state index in [0.717, 1.165) is 90.8 Å². The van der Waals surface area contributed by atoms with Crippen LogP contribution in [-0.2, 0) is 4.79 Å². The van der Waals surface area contributed by atoms with E-state index < -0.39 is 0 Å². The smallest absolute Gasteiger partial charge is 0.225 e. The van der Waals surface area contributed by atoms with Crippen molar-refractivity contribution >= 4 is 17.6 Å². The summed E-state index contributed by atoms with van der Waals surface area (Å²) < 4.78 is 0. The summed E-state index contributed by atoms with van der Waals surface area (Å²) >= 11 is 0. The Balaban J connectivity index is 1.22. The van der Waals surface area contributed by atoms with Gasteiger partial charge in [-0.2, -0.15) is 0 Å². The molecule has 3 fully saturated rings. The Kier molecular flexibility index (Phi) is 7.90. The van der Waals surface area contributed by atoms with Gasteiger partial charge in [-0.3, -0.25) is 14.7 Å². The van der Waals surface area contributed by atoms with Gasteiger partial charge in [0.25, 0.3) is 0 Å². The minimum absolute atomic E-state index is 0.320. The minimum atomic E-state index is 0.320. The first-order valence-corrected chi connectivity index (χ1v) is 12.5. The van der Waals surface area contributed by atoms with Crippen LogP contribution in [-0.4, -0.2) is 98.6 Å². The van der Waals surface area contributed by atoms with Gasteiger partial charge in [-0.15, -0.1) is 0 Å². The van der Waals surface area contributed by atoms with Gasteiger partial charge >= 0.3 is 0 Å². The van der Waals surface area contributed by atoms with Crippen molar-refractivity contribution in [2.45, 2.75) is 33.1 Å². The van der Waals surface area contributed by atoms with E-state index in [4.69, 9.17) is 4.99 Å². The van der Waals surface area contributed by atoms with Gasteiger partial charge in [-0.05, 0) is 44.4 Å². The van der Waals surface area contributed by atoms with E-state index in [1.165, 1.54) is 17.7 Å². The third-order valence-electron chi connectivity index (χ3n) is 7.10. The van der Waals surface area contributed by atoms with Gasteiger partial charge in [0, 0.05) is 77.1 Å². The molecule has 3 aliphatic rings. The highest BCUT2D eigenvalue weighted by molar-refractivity contribution is 5.80. The Bertz CT molecular complexity index is 776. The van der Waals surface area contributed by atoms with Gasteiger partial charge in [-0.1, -0.05) is 18.6 Å². The number of anilines is 1. The average molecular weight is 441 g/mol. The number of guanidine groups is 1. The van der Waals surface area contributed by atoms with Crippen molar-refractivity contribution in [2.24, 2.45) is 10.9 Å². The first kappa shape index (κ1) is 22.9. The molecular formula is C25H40N6O. The number of rotatable bonds is 6. The molecule has 1 aliphatic carbocycles. The van der Waals surface area contributed by atoms with Gasteiger partial charge in [0.2, 0.25) is 5.91 Å². The first-order chi connectivity index (χ1) is 15.6. The van der Waals surface area contributed by atoms with Crippen LogP contribution in [0.25, 0.3) is 0 Å². The molecule has 2 heterocycles. The number of carbonyl (C=O) groups excluding carboxylic acids is 1. The van der Waals surface area contributed by atoms with E-state index in [9.17, 15) is 4.79 Å². The van der Waals surface area contributed by atoms with Crippen molar-refractivity contribution in [3.8, 4) is 0 Å². The summed E-state index contributed by atoms with van der Waals surface area (Å²) in [7, 11) is 0. The second kappa shape index (κ2) is 11.0. The van der Waals surface area contributed by atoms with E-state index in [-0.39, 0.29) is 0 Å². The molecule has 1 saturated carbocycles. The molecule has 7 heteroatoms. The lowest BCUT2D eigenvalue weighted by Gasteiger charge is -2.38. The first-order valence-electron chi connectivity index (χ1n) is 12.5. The fourth-order valence-electron chi connectivity index (χ4n) is 4.83. The molecule has 1 amide bonds. The van der Waals surface area contributed by atoms with E-state index in [2.05, 4.69) is 63.0 Å². The van der Waals surface area contributed by atoms with Crippen molar-refractivity contribution in [2.75, 3.05) is 76.9 Å². The monoisotopic (exact) mass is 440 g/mol. The molecule has 4 rings (SSSR count). The van der Waals surface area contributed by atoms with Crippen molar-refractivity contribution < 1.29 is 4.79 Å². The predicted molar refractivity (Wildman–Crippen MR) is 131 cm³/mol. The lowest BCUT2D eigenvalue weighted by molar-refractivity contribution is -0.139. The number of amides is 1. The number of nitrogens with one attached hydrogen (secondary N) is 1. The van der Waals surface area contributed by atoms with E-state index in [0.29, 0.717) is 11.8 Å². The van der Waals surface area contributed by atoms with Gasteiger partial charge in [0.05, 0.1) is 6.54 Å². The molecule has 0 unspecified atom stereocenters. The van der Waals surface area contributed by atoms with Crippen LogP contribution in [0, 0.1) is 12.8 Å². The van der Waals surface area contributed by atoms with Crippen molar-refractivity contribution in [1.82, 2.24) is 20.0 Å². The fourth-order valence-corrected chi connectivity index (χ4v) is 4.83. The third kappa shape index (κ3) is 5.74. The largest absolute Gasteiger partial charge is 0.368 e. The van der Waals surface area contributed by atoms with Gasteiger partial charge < -0.3 is 20.0 Å². The predicted octanol–water partition coefficient (Wildman–Crippen LogP) is 2.03. The van der Waals surface area contributed by atoms with Gasteiger partial charge in [0.15, 0.2) is 5.96 Å². The summed E-state index contributed by atoms with van der Waals surface area (Å²) in [5, 5.41) is 3.49. The van der Waals surface area contributed by atoms with Crippen LogP contribution in [0.4, 0.5) is 5.69 Å². The molecule has 0 spiro atoms. The van der Waals surface area contributed by atoms with Crippen LogP contribution in [0.15, 0.2) is 29.3 Å². The minimum Gasteiger partial charge on any atom is -0.368 e. The Hall–Kier alpha value is -2.28. The van der Waals surface area contributed by atoms with Crippen molar-refractivity contribution in [1.29, 1.82) is 0 Å². The van der Waals surface area contributed by atoms with E-state index in [1.807, 2.05) is 0 Å². The lowest BCUT2D eigenvalue weighted by Crippen LogP contribution is -2.53. The maximum Gasteiger partial charge on any atom is 0.225 e. The Morgan fingerprint density at radius 2 is 1.75 bits per heavy atom. The molecule has 176 valence electrons. The second-order valence-electron chi connectivity index (χ2n) is 9.34. The number of hydrogen-bond acceptors (Lipinski definition) is 4. The highest BCUT2D eigenvalue weighted by Gasteiger charge is 2.31. The van der Waals surface area contributed by atoms with Crippen LogP contribution in [0.2, 0.25) is 0 Å². The molecule has 2 aliphatic heterocycles. The Morgan fingerprint density at radius 3 is 2.38 bits per heavy atom. The Labute approximate surface area is 193 Å². The molecule has 7 nitrogen and oxygen atoms in total. The van der Waals surface area contributed by atoms with Crippen LogP contribution >= 0.6 is 0 Å². The maximum absolute atomic E-state index is 12.4. The topological polar surface area (TPSA) is 54.4 Å². The third-order valence-corrected chi connectivity index (χ3v) is 7.10. The molecule has 1 N–H and O–H groups in total. The normalized spacial score (nSPS) is 20.9. The summed E-state index contributed by atoms with van der Waals surface area (Å²) in [5.41, 5.74) is 2.63. The van der Waals surface area contributed by atoms with Crippen LogP contribution < -0.4 is 10.2 Å². The summed E-state index contributed by atoms with van der Waals surface area (Å²) in [6.45, 7) is 14.6. The lowest BCUT2D eigenvalue weighted by atomic mass is 9.84. The van der Waals surface area contributed by atoms with Gasteiger partial charge in [-0.25, -0.2) is 0 Å². The van der Waals surface area contributed by atoms with E-state index in [1.54, 1.807) is 0 Å². The summed E-state index contributed by atoms with van der Waals surface area (Å²) in [5.74, 6) is 1.75. The maximum atomic E-state index is 12.4. The van der Waals surface area contributed by atoms with Gasteiger partial charge in [0.1, 0.15) is 0 Å². The van der Waals surface area contributed by atoms with Crippen molar-refractivity contribution in [3.63, 3.8) is 0 Å². The number of piperazine rings is 2. The number of hydrogen-bond donors (Lipinski definition) is 1. The highest BCUT2D eigenvalue weighted by atomic mass is 16.2. The number of aryl methyl sites for hydroxylation is 1.